The second kappa shape index (κ2) is 4.94. The van der Waals surface area contributed by atoms with Gasteiger partial charge in [-0.15, -0.1) is 0 Å². The molecule has 0 aliphatic carbocycles. The van der Waals surface area contributed by atoms with Crippen LogP contribution in [0.15, 0.2) is 0 Å². The van der Waals surface area contributed by atoms with E-state index in [9.17, 15) is 13.2 Å². The number of nitrogens with two attached hydrogens (primary N) is 1. The molecule has 0 spiro atoms. The van der Waals surface area contributed by atoms with Gasteiger partial charge < -0.3 is 5.73 Å². The van der Waals surface area contributed by atoms with E-state index in [0.29, 0.717) is 6.42 Å². The maximum atomic E-state index is 11.5. The maximum absolute atomic E-state index is 11.5. The van der Waals surface area contributed by atoms with Crippen LogP contribution in [-0.2, 0) is 14.8 Å². The van der Waals surface area contributed by atoms with Gasteiger partial charge in [0, 0.05) is 0 Å². The third-order valence-electron chi connectivity index (χ3n) is 1.94. The van der Waals surface area contributed by atoms with Crippen molar-refractivity contribution in [1.82, 2.24) is 4.72 Å². The van der Waals surface area contributed by atoms with Gasteiger partial charge in [0.25, 0.3) is 5.91 Å². The van der Waals surface area contributed by atoms with E-state index < -0.39 is 27.4 Å². The lowest BCUT2D eigenvalue weighted by Crippen LogP contribution is -2.50. The van der Waals surface area contributed by atoms with Gasteiger partial charge in [-0.2, -0.15) is 0 Å². The molecule has 5 nitrogen and oxygen atoms in total. The molecule has 0 aliphatic heterocycles. The minimum absolute atomic E-state index is 0.0599. The van der Waals surface area contributed by atoms with E-state index in [4.69, 9.17) is 5.73 Å². The lowest BCUT2D eigenvalue weighted by Gasteiger charge is -2.25. The Kier molecular flexibility index (Phi) is 4.73. The Morgan fingerprint density at radius 1 is 1.40 bits per heavy atom. The van der Waals surface area contributed by atoms with Gasteiger partial charge in [-0.05, 0) is 11.8 Å². The van der Waals surface area contributed by atoms with Crippen LogP contribution in [0.1, 0.15) is 34.1 Å². The topological polar surface area (TPSA) is 89.3 Å². The van der Waals surface area contributed by atoms with Crippen LogP contribution in [-0.4, -0.2) is 26.1 Å². The molecule has 0 aromatic carbocycles. The Morgan fingerprint density at radius 2 is 1.87 bits per heavy atom. The highest BCUT2D eigenvalue weighted by Crippen LogP contribution is 2.17. The second-order valence-electron chi connectivity index (χ2n) is 4.63. The molecule has 1 amide bonds. The molecule has 6 heteroatoms. The van der Waals surface area contributed by atoms with Crippen molar-refractivity contribution in [2.45, 2.75) is 40.2 Å². The monoisotopic (exact) mass is 236 g/mol. The number of carbonyl (C=O) groups is 1. The number of amides is 1. The van der Waals surface area contributed by atoms with Crippen molar-refractivity contribution >= 4 is 15.9 Å². The Morgan fingerprint density at radius 3 is 2.20 bits per heavy atom. The first kappa shape index (κ1) is 14.4. The minimum Gasteiger partial charge on any atom is -0.319 e. The molecule has 0 saturated carbocycles. The molecule has 3 N–H and O–H groups in total. The van der Waals surface area contributed by atoms with Crippen molar-refractivity contribution < 1.29 is 13.2 Å². The molecule has 0 aliphatic rings. The fourth-order valence-electron chi connectivity index (χ4n) is 0.930. The summed E-state index contributed by atoms with van der Waals surface area (Å²) in [5, 5.41) is 0. The third kappa shape index (κ3) is 5.13. The summed E-state index contributed by atoms with van der Waals surface area (Å²) >= 11 is 0. The molecule has 0 radical (unpaired) electrons. The summed E-state index contributed by atoms with van der Waals surface area (Å²) < 4.78 is 24.5. The van der Waals surface area contributed by atoms with Crippen LogP contribution in [0.25, 0.3) is 0 Å². The molecule has 15 heavy (non-hydrogen) atoms. The highest BCUT2D eigenvalue weighted by molar-refractivity contribution is 7.90. The highest BCUT2D eigenvalue weighted by atomic mass is 32.2. The predicted molar refractivity (Wildman–Crippen MR) is 59.7 cm³/mol. The number of hydrogen-bond donors (Lipinski definition) is 2. The zero-order chi connectivity index (χ0) is 12.3. The van der Waals surface area contributed by atoms with Crippen LogP contribution in [0.3, 0.4) is 0 Å². The average molecular weight is 236 g/mol. The summed E-state index contributed by atoms with van der Waals surface area (Å²) in [7, 11) is -3.52. The summed E-state index contributed by atoms with van der Waals surface area (Å²) in [4.78, 5) is 11.5. The van der Waals surface area contributed by atoms with Crippen molar-refractivity contribution in [3.63, 3.8) is 0 Å². The van der Waals surface area contributed by atoms with Crippen molar-refractivity contribution in [2.24, 2.45) is 11.1 Å². The number of nitrogens with one attached hydrogen (secondary N) is 1. The van der Waals surface area contributed by atoms with Crippen LogP contribution in [0, 0.1) is 5.41 Å². The summed E-state index contributed by atoms with van der Waals surface area (Å²) in [5.74, 6) is -0.703. The van der Waals surface area contributed by atoms with E-state index in [1.807, 2.05) is 4.72 Å². The van der Waals surface area contributed by atoms with Crippen molar-refractivity contribution in [2.75, 3.05) is 5.75 Å². The summed E-state index contributed by atoms with van der Waals surface area (Å²) in [6.07, 6.45) is 0.466. The molecule has 0 bridgehead atoms. The summed E-state index contributed by atoms with van der Waals surface area (Å²) in [5.41, 5.74) is 5.17. The van der Waals surface area contributed by atoms with E-state index in [1.165, 1.54) is 0 Å². The Labute approximate surface area is 91.5 Å². The Bertz CT molecular complexity index is 317. The molecule has 1 atom stereocenters. The first-order valence-electron chi connectivity index (χ1n) is 4.90. The lowest BCUT2D eigenvalue weighted by atomic mass is 9.87. The van der Waals surface area contributed by atoms with Gasteiger partial charge in [-0.1, -0.05) is 27.7 Å². The van der Waals surface area contributed by atoms with Gasteiger partial charge in [0.1, 0.15) is 0 Å². The van der Waals surface area contributed by atoms with Crippen LogP contribution in [0.4, 0.5) is 0 Å². The summed E-state index contributed by atoms with van der Waals surface area (Å²) in [6, 6.07) is -0.830. The fraction of sp³-hybridized carbons (Fsp3) is 0.889. The molecule has 0 aromatic heterocycles. The van der Waals surface area contributed by atoms with Crippen LogP contribution in [0.2, 0.25) is 0 Å². The van der Waals surface area contributed by atoms with E-state index in [0.717, 1.165) is 0 Å². The molecule has 0 heterocycles. The van der Waals surface area contributed by atoms with Gasteiger partial charge in [-0.25, -0.2) is 8.42 Å². The highest BCUT2D eigenvalue weighted by Gasteiger charge is 2.29. The van der Waals surface area contributed by atoms with Gasteiger partial charge in [0.15, 0.2) is 0 Å². The van der Waals surface area contributed by atoms with Gasteiger partial charge in [0.05, 0.1) is 11.8 Å². The molecule has 0 unspecified atom stereocenters. The molecule has 90 valence electrons. The number of rotatable bonds is 4. The molecule has 0 fully saturated rings. The van der Waals surface area contributed by atoms with Gasteiger partial charge in [0.2, 0.25) is 10.0 Å². The van der Waals surface area contributed by atoms with Crippen LogP contribution >= 0.6 is 0 Å². The molecular formula is C9H20N2O3S. The lowest BCUT2D eigenvalue weighted by molar-refractivity contribution is -0.122. The van der Waals surface area contributed by atoms with Crippen molar-refractivity contribution in [3.05, 3.63) is 0 Å². The van der Waals surface area contributed by atoms with Crippen LogP contribution in [0.5, 0.6) is 0 Å². The predicted octanol–water partition coefficient (Wildman–Crippen LogP) is 0.216. The molecule has 0 aromatic rings. The van der Waals surface area contributed by atoms with Crippen molar-refractivity contribution in [1.29, 1.82) is 0 Å². The number of hydrogen-bond acceptors (Lipinski definition) is 4. The Balaban J connectivity index is 4.52. The summed E-state index contributed by atoms with van der Waals surface area (Å²) in [6.45, 7) is 7.07. The Hall–Kier alpha value is -0.620. The normalized spacial score (nSPS) is 14.7. The minimum atomic E-state index is -3.52. The number of carbonyl (C=O) groups excluding carboxylic acids is 1. The van der Waals surface area contributed by atoms with E-state index in [-0.39, 0.29) is 5.75 Å². The maximum Gasteiger partial charge on any atom is 0.250 e. The van der Waals surface area contributed by atoms with Crippen LogP contribution < -0.4 is 10.5 Å². The standard InChI is InChI=1S/C9H20N2O3S/c1-5-6-15(13,14)11-8(12)7(10)9(2,3)4/h7H,5-6,10H2,1-4H3,(H,11,12)/t7-/m1/s1. The third-order valence-corrected chi connectivity index (χ3v) is 3.40. The number of sulfonamides is 1. The van der Waals surface area contributed by atoms with Crippen molar-refractivity contribution in [3.8, 4) is 0 Å². The van der Waals surface area contributed by atoms with Gasteiger partial charge >= 0.3 is 0 Å². The zero-order valence-electron chi connectivity index (χ0n) is 9.70. The van der Waals surface area contributed by atoms with Gasteiger partial charge in [-0.3, -0.25) is 9.52 Å². The van der Waals surface area contributed by atoms with E-state index >= 15 is 0 Å². The smallest absolute Gasteiger partial charge is 0.250 e. The first-order chi connectivity index (χ1) is 6.60. The molecular weight excluding hydrogens is 216 g/mol. The first-order valence-corrected chi connectivity index (χ1v) is 6.55. The quantitative estimate of drug-likeness (QED) is 0.730. The molecule has 0 saturated heterocycles. The van der Waals surface area contributed by atoms with E-state index in [2.05, 4.69) is 0 Å². The zero-order valence-corrected chi connectivity index (χ0v) is 10.5. The molecule has 0 rings (SSSR count). The largest absolute Gasteiger partial charge is 0.319 e. The van der Waals surface area contributed by atoms with E-state index in [1.54, 1.807) is 27.7 Å². The average Bonchev–Trinajstić information content (AvgIpc) is 1.99. The second-order valence-corrected chi connectivity index (χ2v) is 6.47. The fourth-order valence-corrected chi connectivity index (χ4v) is 2.00. The SMILES string of the molecule is CCCS(=O)(=O)NC(=O)[C@@H](N)C(C)(C)C.